The molecular weight excluding hydrogens is 332 g/mol. The third-order valence-corrected chi connectivity index (χ3v) is 5.26. The lowest BCUT2D eigenvalue weighted by molar-refractivity contribution is -0.151. The van der Waals surface area contributed by atoms with Crippen LogP contribution in [0.5, 0.6) is 0 Å². The van der Waals surface area contributed by atoms with Gasteiger partial charge in [0.2, 0.25) is 11.8 Å². The van der Waals surface area contributed by atoms with Gasteiger partial charge in [0.05, 0.1) is 12.5 Å². The summed E-state index contributed by atoms with van der Waals surface area (Å²) in [6.07, 6.45) is 2.15. The molecule has 6 heteroatoms. The first-order valence-electron chi connectivity index (χ1n) is 9.42. The van der Waals surface area contributed by atoms with Gasteiger partial charge in [-0.2, -0.15) is 0 Å². The first-order valence-corrected chi connectivity index (χ1v) is 9.42. The zero-order chi connectivity index (χ0) is 18.7. The van der Waals surface area contributed by atoms with Crippen LogP contribution in [0.25, 0.3) is 0 Å². The monoisotopic (exact) mass is 358 g/mol. The summed E-state index contributed by atoms with van der Waals surface area (Å²) < 4.78 is 5.09. The van der Waals surface area contributed by atoms with Crippen LogP contribution in [0, 0.1) is 5.92 Å². The number of benzene rings is 1. The van der Waals surface area contributed by atoms with E-state index in [0.717, 1.165) is 11.3 Å². The fourth-order valence-electron chi connectivity index (χ4n) is 3.87. The van der Waals surface area contributed by atoms with E-state index in [9.17, 15) is 14.4 Å². The maximum absolute atomic E-state index is 13.1. The van der Waals surface area contributed by atoms with Gasteiger partial charge in [-0.3, -0.25) is 19.3 Å². The fourth-order valence-corrected chi connectivity index (χ4v) is 3.87. The van der Waals surface area contributed by atoms with Crippen LogP contribution in [-0.2, 0) is 25.5 Å². The molecule has 0 unspecified atom stereocenters. The van der Waals surface area contributed by atoms with Gasteiger partial charge in [0, 0.05) is 31.6 Å². The standard InChI is InChI=1S/C20H26N2O4/c1-3-18(23)22-16-8-6-5-7-15(16)13-17(22)19(24)21-11-9-14(10-12-21)20(25)26-4-2/h5-8,14,17H,3-4,9-13H2,1-2H3/t17-/m0/s1. The number of piperidine rings is 1. The summed E-state index contributed by atoms with van der Waals surface area (Å²) in [4.78, 5) is 40.9. The van der Waals surface area contributed by atoms with Gasteiger partial charge in [-0.05, 0) is 31.4 Å². The lowest BCUT2D eigenvalue weighted by atomic mass is 9.96. The number of anilines is 1. The molecule has 1 atom stereocenters. The van der Waals surface area contributed by atoms with E-state index >= 15 is 0 Å². The van der Waals surface area contributed by atoms with Crippen molar-refractivity contribution >= 4 is 23.5 Å². The maximum atomic E-state index is 13.1. The van der Waals surface area contributed by atoms with Gasteiger partial charge >= 0.3 is 5.97 Å². The number of amides is 2. The lowest BCUT2D eigenvalue weighted by Crippen LogP contribution is -2.52. The van der Waals surface area contributed by atoms with Crippen molar-refractivity contribution in [3.63, 3.8) is 0 Å². The van der Waals surface area contributed by atoms with Crippen LogP contribution in [0.2, 0.25) is 0 Å². The van der Waals surface area contributed by atoms with Crippen LogP contribution in [0.15, 0.2) is 24.3 Å². The minimum atomic E-state index is -0.473. The second-order valence-electron chi connectivity index (χ2n) is 6.82. The Morgan fingerprint density at radius 1 is 1.12 bits per heavy atom. The molecule has 1 saturated heterocycles. The van der Waals surface area contributed by atoms with Gasteiger partial charge in [0.25, 0.3) is 0 Å². The van der Waals surface area contributed by atoms with Crippen LogP contribution < -0.4 is 4.90 Å². The van der Waals surface area contributed by atoms with Crippen molar-refractivity contribution in [1.29, 1.82) is 0 Å². The quantitative estimate of drug-likeness (QED) is 0.774. The van der Waals surface area contributed by atoms with Crippen molar-refractivity contribution in [2.45, 2.75) is 45.6 Å². The number of carbonyl (C=O) groups excluding carboxylic acids is 3. The largest absolute Gasteiger partial charge is 0.466 e. The highest BCUT2D eigenvalue weighted by Gasteiger charge is 2.40. The highest BCUT2D eigenvalue weighted by molar-refractivity contribution is 6.03. The average molecular weight is 358 g/mol. The zero-order valence-electron chi connectivity index (χ0n) is 15.4. The number of hydrogen-bond donors (Lipinski definition) is 0. The highest BCUT2D eigenvalue weighted by atomic mass is 16.5. The molecule has 0 N–H and O–H groups in total. The Kier molecular flexibility index (Phi) is 5.59. The normalized spacial score (nSPS) is 20.0. The Morgan fingerprint density at radius 3 is 2.46 bits per heavy atom. The summed E-state index contributed by atoms with van der Waals surface area (Å²) in [6.45, 7) is 5.06. The van der Waals surface area contributed by atoms with Crippen LogP contribution >= 0.6 is 0 Å². The number of hydrogen-bond acceptors (Lipinski definition) is 4. The summed E-state index contributed by atoms with van der Waals surface area (Å²) in [5.41, 5.74) is 1.88. The van der Waals surface area contributed by atoms with E-state index in [0.29, 0.717) is 45.4 Å². The molecular formula is C20H26N2O4. The van der Waals surface area contributed by atoms with Crippen LogP contribution in [-0.4, -0.2) is 48.4 Å². The van der Waals surface area contributed by atoms with E-state index < -0.39 is 6.04 Å². The average Bonchev–Trinajstić information content (AvgIpc) is 3.06. The summed E-state index contributed by atoms with van der Waals surface area (Å²) in [7, 11) is 0. The van der Waals surface area contributed by atoms with Crippen LogP contribution in [0.1, 0.15) is 38.7 Å². The Bertz CT molecular complexity index is 695. The molecule has 6 nitrogen and oxygen atoms in total. The molecule has 0 aromatic heterocycles. The number of likely N-dealkylation sites (tertiary alicyclic amines) is 1. The van der Waals surface area contributed by atoms with E-state index in [-0.39, 0.29) is 23.7 Å². The summed E-state index contributed by atoms with van der Waals surface area (Å²) in [6, 6.07) is 7.24. The molecule has 2 aliphatic heterocycles. The molecule has 140 valence electrons. The Balaban J connectivity index is 1.70. The highest BCUT2D eigenvalue weighted by Crippen LogP contribution is 2.34. The molecule has 1 fully saturated rings. The molecule has 3 rings (SSSR count). The van der Waals surface area contributed by atoms with Crippen LogP contribution in [0.3, 0.4) is 0 Å². The second-order valence-corrected chi connectivity index (χ2v) is 6.82. The number of esters is 1. The van der Waals surface area contributed by atoms with Crippen molar-refractivity contribution in [2.24, 2.45) is 5.92 Å². The molecule has 1 aromatic rings. The summed E-state index contributed by atoms with van der Waals surface area (Å²) >= 11 is 0. The van der Waals surface area contributed by atoms with E-state index in [1.165, 1.54) is 0 Å². The van der Waals surface area contributed by atoms with E-state index in [4.69, 9.17) is 4.74 Å². The first kappa shape index (κ1) is 18.4. The number of rotatable bonds is 4. The number of fused-ring (bicyclic) bond motifs is 1. The van der Waals surface area contributed by atoms with Gasteiger partial charge in [0.15, 0.2) is 0 Å². The molecule has 26 heavy (non-hydrogen) atoms. The summed E-state index contributed by atoms with van der Waals surface area (Å²) in [5.74, 6) is -0.358. The van der Waals surface area contributed by atoms with Gasteiger partial charge < -0.3 is 9.64 Å². The van der Waals surface area contributed by atoms with Gasteiger partial charge in [0.1, 0.15) is 6.04 Å². The molecule has 0 aliphatic carbocycles. The van der Waals surface area contributed by atoms with Crippen molar-refractivity contribution < 1.29 is 19.1 Å². The second kappa shape index (κ2) is 7.89. The third kappa shape index (κ3) is 3.45. The maximum Gasteiger partial charge on any atom is 0.309 e. The third-order valence-electron chi connectivity index (χ3n) is 5.26. The molecule has 2 heterocycles. The molecule has 0 radical (unpaired) electrons. The van der Waals surface area contributed by atoms with E-state index in [1.54, 1.807) is 16.7 Å². The number of nitrogens with zero attached hydrogens (tertiary/aromatic N) is 2. The lowest BCUT2D eigenvalue weighted by Gasteiger charge is -2.35. The van der Waals surface area contributed by atoms with E-state index in [2.05, 4.69) is 0 Å². The molecule has 0 bridgehead atoms. The van der Waals surface area contributed by atoms with Crippen LogP contribution in [0.4, 0.5) is 5.69 Å². The smallest absolute Gasteiger partial charge is 0.309 e. The Labute approximate surface area is 154 Å². The zero-order valence-corrected chi connectivity index (χ0v) is 15.4. The molecule has 0 spiro atoms. The number of ether oxygens (including phenoxy) is 1. The Morgan fingerprint density at radius 2 is 1.81 bits per heavy atom. The fraction of sp³-hybridized carbons (Fsp3) is 0.550. The first-order chi connectivity index (χ1) is 12.6. The minimum absolute atomic E-state index is 0.0229. The SMILES string of the molecule is CCOC(=O)C1CCN(C(=O)[C@@H]2Cc3ccccc3N2C(=O)CC)CC1. The van der Waals surface area contributed by atoms with Gasteiger partial charge in [-0.1, -0.05) is 25.1 Å². The van der Waals surface area contributed by atoms with Crippen molar-refractivity contribution in [3.8, 4) is 0 Å². The van der Waals surface area contributed by atoms with Crippen molar-refractivity contribution in [2.75, 3.05) is 24.6 Å². The molecule has 1 aromatic carbocycles. The van der Waals surface area contributed by atoms with Gasteiger partial charge in [-0.25, -0.2) is 0 Å². The predicted octanol–water partition coefficient (Wildman–Crippen LogP) is 2.16. The molecule has 2 aliphatic rings. The number of carbonyl (C=O) groups is 3. The topological polar surface area (TPSA) is 66.9 Å². The summed E-state index contributed by atoms with van der Waals surface area (Å²) in [5, 5.41) is 0. The Hall–Kier alpha value is -2.37. The number of para-hydroxylation sites is 1. The van der Waals surface area contributed by atoms with Gasteiger partial charge in [-0.15, -0.1) is 0 Å². The van der Waals surface area contributed by atoms with Crippen molar-refractivity contribution in [1.82, 2.24) is 4.90 Å². The van der Waals surface area contributed by atoms with Crippen molar-refractivity contribution in [3.05, 3.63) is 29.8 Å². The molecule has 0 saturated carbocycles. The minimum Gasteiger partial charge on any atom is -0.466 e. The van der Waals surface area contributed by atoms with E-state index in [1.807, 2.05) is 31.2 Å². The predicted molar refractivity (Wildman–Crippen MR) is 97.6 cm³/mol. The molecule has 2 amide bonds.